The zero-order valence-electron chi connectivity index (χ0n) is 16.9. The minimum atomic E-state index is -0.430. The van der Waals surface area contributed by atoms with E-state index in [4.69, 9.17) is 4.74 Å². The molecule has 7 nitrogen and oxygen atoms in total. The molecule has 0 saturated heterocycles. The first-order valence-electron chi connectivity index (χ1n) is 10.4. The largest absolute Gasteiger partial charge is 0.434 e. The van der Waals surface area contributed by atoms with Gasteiger partial charge >= 0.3 is 11.6 Å². The van der Waals surface area contributed by atoms with E-state index in [0.29, 0.717) is 5.75 Å². The second kappa shape index (κ2) is 6.68. The second-order valence-corrected chi connectivity index (χ2v) is 9.38. The van der Waals surface area contributed by atoms with Crippen molar-refractivity contribution >= 4 is 11.5 Å². The topological polar surface area (TPSA) is 90.2 Å². The van der Waals surface area contributed by atoms with Gasteiger partial charge in [0, 0.05) is 5.54 Å². The lowest BCUT2D eigenvalue weighted by atomic mass is 9.53. The van der Waals surface area contributed by atoms with E-state index in [2.05, 4.69) is 15.3 Å². The standard InChI is InChI=1S/C22H26N4O3/c1-13-3-14(2)5-18(4-13)29-21-19(26(27)28)20(23-12-24-21)25-22-9-15-6-16(10-22)8-17(7-15)11-22/h3-5,12,15-17H,6-11H2,1-2H3,(H,23,24,25). The highest BCUT2D eigenvalue weighted by Gasteiger charge is 2.51. The molecule has 1 aromatic carbocycles. The molecule has 0 atom stereocenters. The molecule has 4 saturated carbocycles. The van der Waals surface area contributed by atoms with Crippen molar-refractivity contribution in [1.29, 1.82) is 0 Å². The van der Waals surface area contributed by atoms with Crippen LogP contribution in [0.4, 0.5) is 11.5 Å². The summed E-state index contributed by atoms with van der Waals surface area (Å²) in [5.41, 5.74) is 1.81. The fraction of sp³-hybridized carbons (Fsp3) is 0.545. The quantitative estimate of drug-likeness (QED) is 0.555. The Morgan fingerprint density at radius 3 is 2.17 bits per heavy atom. The molecular weight excluding hydrogens is 368 g/mol. The van der Waals surface area contributed by atoms with E-state index in [1.807, 2.05) is 32.0 Å². The Labute approximate surface area is 170 Å². The Morgan fingerprint density at radius 1 is 1.03 bits per heavy atom. The molecule has 4 fully saturated rings. The van der Waals surface area contributed by atoms with Crippen LogP contribution in [0.15, 0.2) is 24.5 Å². The molecule has 2 aromatic rings. The molecule has 4 bridgehead atoms. The first-order valence-corrected chi connectivity index (χ1v) is 10.4. The normalized spacial score (nSPS) is 29.7. The summed E-state index contributed by atoms with van der Waals surface area (Å²) in [5, 5.41) is 15.5. The summed E-state index contributed by atoms with van der Waals surface area (Å²) in [4.78, 5) is 19.9. The maximum absolute atomic E-state index is 12.0. The highest BCUT2D eigenvalue weighted by Crippen LogP contribution is 2.57. The predicted octanol–water partition coefficient (Wildman–Crippen LogP) is 5.17. The lowest BCUT2D eigenvalue weighted by molar-refractivity contribution is -0.385. The van der Waals surface area contributed by atoms with Gasteiger partial charge in [-0.15, -0.1) is 0 Å². The van der Waals surface area contributed by atoms with E-state index in [9.17, 15) is 10.1 Å². The molecule has 1 aromatic heterocycles. The van der Waals surface area contributed by atoms with Gasteiger partial charge in [0.05, 0.1) is 4.92 Å². The number of nitrogens with one attached hydrogen (secondary N) is 1. The van der Waals surface area contributed by atoms with Gasteiger partial charge in [-0.3, -0.25) is 10.1 Å². The third kappa shape index (κ3) is 3.43. The molecule has 0 aliphatic heterocycles. The van der Waals surface area contributed by atoms with Crippen LogP contribution in [0.3, 0.4) is 0 Å². The van der Waals surface area contributed by atoms with E-state index < -0.39 is 4.92 Å². The number of nitro groups is 1. The van der Waals surface area contributed by atoms with Crippen molar-refractivity contribution in [2.24, 2.45) is 17.8 Å². The number of hydrogen-bond acceptors (Lipinski definition) is 6. The number of ether oxygens (including phenoxy) is 1. The van der Waals surface area contributed by atoms with Crippen LogP contribution in [0.5, 0.6) is 11.6 Å². The number of aromatic nitrogens is 2. The van der Waals surface area contributed by atoms with Crippen molar-refractivity contribution in [2.45, 2.75) is 57.9 Å². The molecule has 29 heavy (non-hydrogen) atoms. The lowest BCUT2D eigenvalue weighted by Gasteiger charge is -2.57. The van der Waals surface area contributed by atoms with Gasteiger partial charge in [0.1, 0.15) is 12.1 Å². The van der Waals surface area contributed by atoms with Gasteiger partial charge in [-0.05, 0) is 93.4 Å². The molecule has 0 unspecified atom stereocenters. The summed E-state index contributed by atoms with van der Waals surface area (Å²) >= 11 is 0. The summed E-state index contributed by atoms with van der Waals surface area (Å²) in [7, 11) is 0. The number of benzene rings is 1. The number of anilines is 1. The molecule has 0 spiro atoms. The Balaban J connectivity index is 1.48. The van der Waals surface area contributed by atoms with Crippen molar-refractivity contribution in [1.82, 2.24) is 9.97 Å². The molecule has 4 aliphatic rings. The minimum absolute atomic E-state index is 0.0118. The molecule has 1 heterocycles. The zero-order valence-corrected chi connectivity index (χ0v) is 16.9. The van der Waals surface area contributed by atoms with E-state index in [1.54, 1.807) is 0 Å². The molecule has 6 rings (SSSR count). The van der Waals surface area contributed by atoms with Gasteiger partial charge in [0.25, 0.3) is 0 Å². The average Bonchev–Trinajstić information content (AvgIpc) is 2.59. The van der Waals surface area contributed by atoms with E-state index in [-0.39, 0.29) is 22.9 Å². The third-order valence-electron chi connectivity index (χ3n) is 6.80. The van der Waals surface area contributed by atoms with Gasteiger partial charge < -0.3 is 10.1 Å². The first kappa shape index (κ1) is 18.3. The summed E-state index contributed by atoms with van der Waals surface area (Å²) in [6.07, 6.45) is 8.53. The van der Waals surface area contributed by atoms with Crippen molar-refractivity contribution in [3.63, 3.8) is 0 Å². The van der Waals surface area contributed by atoms with Crippen molar-refractivity contribution < 1.29 is 9.66 Å². The van der Waals surface area contributed by atoms with Crippen molar-refractivity contribution in [3.8, 4) is 11.6 Å². The lowest BCUT2D eigenvalue weighted by Crippen LogP contribution is -2.55. The van der Waals surface area contributed by atoms with Crippen LogP contribution >= 0.6 is 0 Å². The Kier molecular flexibility index (Phi) is 4.22. The summed E-state index contributed by atoms with van der Waals surface area (Å²) in [6, 6.07) is 5.73. The number of nitrogens with zero attached hydrogens (tertiary/aromatic N) is 3. The van der Waals surface area contributed by atoms with Gasteiger partial charge in [-0.1, -0.05) is 6.07 Å². The molecule has 1 N–H and O–H groups in total. The predicted molar refractivity (Wildman–Crippen MR) is 109 cm³/mol. The SMILES string of the molecule is Cc1cc(C)cc(Oc2ncnc(NC34CC5CC(CC(C5)C3)C4)c2[N+](=O)[O-])c1. The van der Waals surface area contributed by atoms with E-state index in [0.717, 1.165) is 48.1 Å². The smallest absolute Gasteiger partial charge is 0.373 e. The van der Waals surface area contributed by atoms with Crippen LogP contribution in [-0.2, 0) is 0 Å². The minimum Gasteiger partial charge on any atom is -0.434 e. The maximum Gasteiger partial charge on any atom is 0.373 e. The van der Waals surface area contributed by atoms with Crippen LogP contribution < -0.4 is 10.1 Å². The van der Waals surface area contributed by atoms with Gasteiger partial charge in [-0.2, -0.15) is 4.98 Å². The molecule has 0 radical (unpaired) electrons. The maximum atomic E-state index is 12.0. The van der Waals surface area contributed by atoms with E-state index >= 15 is 0 Å². The fourth-order valence-electron chi connectivity index (χ4n) is 6.31. The van der Waals surface area contributed by atoms with Crippen LogP contribution in [-0.4, -0.2) is 20.4 Å². The molecular formula is C22H26N4O3. The number of aryl methyl sites for hydroxylation is 2. The van der Waals surface area contributed by atoms with Crippen molar-refractivity contribution in [2.75, 3.05) is 5.32 Å². The molecule has 152 valence electrons. The van der Waals surface area contributed by atoms with Gasteiger partial charge in [0.2, 0.25) is 5.82 Å². The highest BCUT2D eigenvalue weighted by molar-refractivity contribution is 5.63. The van der Waals surface area contributed by atoms with Gasteiger partial charge in [0.15, 0.2) is 0 Å². The number of rotatable bonds is 5. The Bertz CT molecular complexity index is 919. The Morgan fingerprint density at radius 2 is 1.62 bits per heavy atom. The highest BCUT2D eigenvalue weighted by atomic mass is 16.6. The summed E-state index contributed by atoms with van der Waals surface area (Å²) in [5.74, 6) is 3.03. The van der Waals surface area contributed by atoms with Crippen LogP contribution in [0.1, 0.15) is 49.7 Å². The Hall–Kier alpha value is -2.70. The first-order chi connectivity index (χ1) is 13.9. The molecule has 0 amide bonds. The summed E-state index contributed by atoms with van der Waals surface area (Å²) < 4.78 is 5.86. The zero-order chi connectivity index (χ0) is 20.2. The van der Waals surface area contributed by atoms with E-state index in [1.165, 1.54) is 25.6 Å². The van der Waals surface area contributed by atoms with Crippen LogP contribution in [0.2, 0.25) is 0 Å². The molecule has 4 aliphatic carbocycles. The second-order valence-electron chi connectivity index (χ2n) is 9.38. The fourth-order valence-corrected chi connectivity index (χ4v) is 6.31. The molecule has 7 heteroatoms. The monoisotopic (exact) mass is 394 g/mol. The van der Waals surface area contributed by atoms with Crippen LogP contribution in [0.25, 0.3) is 0 Å². The third-order valence-corrected chi connectivity index (χ3v) is 6.80. The van der Waals surface area contributed by atoms with Crippen molar-refractivity contribution in [3.05, 3.63) is 45.8 Å². The van der Waals surface area contributed by atoms with Gasteiger partial charge in [-0.25, -0.2) is 4.98 Å². The van der Waals surface area contributed by atoms with Crippen LogP contribution in [0, 0.1) is 41.7 Å². The number of hydrogen-bond donors (Lipinski definition) is 1. The average molecular weight is 394 g/mol. The summed E-state index contributed by atoms with van der Waals surface area (Å²) in [6.45, 7) is 3.93.